The molecule has 0 spiro atoms. The quantitative estimate of drug-likeness (QED) is 0.726. The van der Waals surface area contributed by atoms with Crippen molar-refractivity contribution in [2.45, 2.75) is 25.3 Å². The number of amides is 1. The van der Waals surface area contributed by atoms with Gasteiger partial charge in [-0.15, -0.1) is 0 Å². The van der Waals surface area contributed by atoms with Gasteiger partial charge in [-0.1, -0.05) is 0 Å². The number of ether oxygens (including phenoxy) is 1. The predicted octanol–water partition coefficient (Wildman–Crippen LogP) is 0.775. The van der Waals surface area contributed by atoms with Crippen molar-refractivity contribution in [3.05, 3.63) is 24.0 Å². The number of nitrogens with two attached hydrogens (primary N) is 1. The van der Waals surface area contributed by atoms with Crippen molar-refractivity contribution in [3.8, 4) is 0 Å². The fraction of sp³-hybridized carbons (Fsp3) is 0.600. The molecule has 0 aromatic carbocycles. The van der Waals surface area contributed by atoms with E-state index in [1.165, 1.54) is 12.8 Å². The van der Waals surface area contributed by atoms with Gasteiger partial charge in [-0.3, -0.25) is 9.78 Å². The van der Waals surface area contributed by atoms with Gasteiger partial charge in [-0.2, -0.15) is 0 Å². The van der Waals surface area contributed by atoms with Gasteiger partial charge < -0.3 is 20.7 Å². The van der Waals surface area contributed by atoms with E-state index in [0.717, 1.165) is 31.7 Å². The van der Waals surface area contributed by atoms with Gasteiger partial charge in [-0.25, -0.2) is 0 Å². The van der Waals surface area contributed by atoms with Gasteiger partial charge in [0, 0.05) is 44.7 Å². The smallest absolute Gasteiger partial charge is 0.267 e. The summed E-state index contributed by atoms with van der Waals surface area (Å²) in [4.78, 5) is 17.6. The number of carbonyl (C=O) groups excluding carboxylic acids is 1. The van der Waals surface area contributed by atoms with E-state index in [1.54, 1.807) is 19.4 Å². The Balaban J connectivity index is 2.03. The fourth-order valence-corrected chi connectivity index (χ4v) is 2.73. The molecule has 3 N–H and O–H groups in total. The molecule has 1 aliphatic heterocycles. The van der Waals surface area contributed by atoms with Gasteiger partial charge in [0.15, 0.2) is 0 Å². The number of hydrogen-bond donors (Lipinski definition) is 2. The number of nitrogens with one attached hydrogen (secondary N) is 1. The Morgan fingerprint density at radius 2 is 2.43 bits per heavy atom. The molecule has 0 radical (unpaired) electrons. The summed E-state index contributed by atoms with van der Waals surface area (Å²) in [6.45, 7) is 3.48. The van der Waals surface area contributed by atoms with E-state index in [-0.39, 0.29) is 0 Å². The highest BCUT2D eigenvalue weighted by Gasteiger charge is 2.22. The first kappa shape index (κ1) is 15.7. The lowest BCUT2D eigenvalue weighted by atomic mass is 10.0. The largest absolute Gasteiger partial charge is 0.383 e. The van der Waals surface area contributed by atoms with Crippen LogP contribution >= 0.6 is 0 Å². The van der Waals surface area contributed by atoms with Gasteiger partial charge >= 0.3 is 0 Å². The fourth-order valence-electron chi connectivity index (χ4n) is 2.73. The summed E-state index contributed by atoms with van der Waals surface area (Å²) in [5.74, 6) is -0.483. The molecule has 1 saturated heterocycles. The zero-order chi connectivity index (χ0) is 15.1. The molecule has 2 heterocycles. The van der Waals surface area contributed by atoms with Crippen LogP contribution in [0.25, 0.3) is 0 Å². The van der Waals surface area contributed by atoms with Crippen LogP contribution < -0.4 is 16.0 Å². The van der Waals surface area contributed by atoms with Crippen LogP contribution in [0.5, 0.6) is 0 Å². The summed E-state index contributed by atoms with van der Waals surface area (Å²) in [6.07, 6.45) is 5.21. The summed E-state index contributed by atoms with van der Waals surface area (Å²) in [5.41, 5.74) is 6.66. The SMILES string of the molecule is COCCNCC1CCCCN1c1ccnc(C(N)=O)c1. The Labute approximate surface area is 125 Å². The number of piperidine rings is 1. The molecule has 2 rings (SSSR count). The molecule has 6 nitrogen and oxygen atoms in total. The third-order valence-electron chi connectivity index (χ3n) is 3.82. The third-order valence-corrected chi connectivity index (χ3v) is 3.82. The maximum Gasteiger partial charge on any atom is 0.267 e. The van der Waals surface area contributed by atoms with Crippen molar-refractivity contribution in [1.82, 2.24) is 10.3 Å². The standard InChI is InChI=1S/C15H24N4O2/c1-21-9-7-17-11-13-4-2-3-8-19(13)12-5-6-18-14(10-12)15(16)20/h5-6,10,13,17H,2-4,7-9,11H2,1H3,(H2,16,20). The minimum Gasteiger partial charge on any atom is -0.383 e. The lowest BCUT2D eigenvalue weighted by molar-refractivity contribution is 0.0995. The van der Waals surface area contributed by atoms with E-state index >= 15 is 0 Å². The molecule has 1 aliphatic rings. The van der Waals surface area contributed by atoms with Gasteiger partial charge in [0.25, 0.3) is 5.91 Å². The van der Waals surface area contributed by atoms with Crippen molar-refractivity contribution in [2.75, 3.05) is 38.3 Å². The van der Waals surface area contributed by atoms with Gasteiger partial charge in [0.1, 0.15) is 5.69 Å². The highest BCUT2D eigenvalue weighted by Crippen LogP contribution is 2.24. The van der Waals surface area contributed by atoms with E-state index in [2.05, 4.69) is 15.2 Å². The molecular formula is C15H24N4O2. The Bertz CT molecular complexity index is 467. The first-order chi connectivity index (χ1) is 10.2. The lowest BCUT2D eigenvalue weighted by Gasteiger charge is -2.38. The van der Waals surface area contributed by atoms with Crippen LogP contribution in [-0.4, -0.2) is 50.3 Å². The van der Waals surface area contributed by atoms with Crippen LogP contribution in [0.2, 0.25) is 0 Å². The van der Waals surface area contributed by atoms with Crippen LogP contribution in [0.1, 0.15) is 29.8 Å². The van der Waals surface area contributed by atoms with Crippen molar-refractivity contribution in [3.63, 3.8) is 0 Å². The Hall–Kier alpha value is -1.66. The molecule has 116 valence electrons. The summed E-state index contributed by atoms with van der Waals surface area (Å²) in [7, 11) is 1.71. The predicted molar refractivity (Wildman–Crippen MR) is 82.5 cm³/mol. The van der Waals surface area contributed by atoms with Crippen molar-refractivity contribution < 1.29 is 9.53 Å². The number of nitrogens with zero attached hydrogens (tertiary/aromatic N) is 2. The molecule has 0 aliphatic carbocycles. The number of methoxy groups -OCH3 is 1. The molecule has 1 amide bonds. The first-order valence-corrected chi connectivity index (χ1v) is 7.44. The van der Waals surface area contributed by atoms with Crippen LogP contribution in [0.15, 0.2) is 18.3 Å². The maximum absolute atomic E-state index is 11.3. The number of anilines is 1. The first-order valence-electron chi connectivity index (χ1n) is 7.44. The second-order valence-corrected chi connectivity index (χ2v) is 5.30. The third kappa shape index (κ3) is 4.41. The zero-order valence-corrected chi connectivity index (χ0v) is 12.5. The van der Waals surface area contributed by atoms with Crippen molar-refractivity contribution >= 4 is 11.6 Å². The van der Waals surface area contributed by atoms with Crippen LogP contribution in [0, 0.1) is 0 Å². The second-order valence-electron chi connectivity index (χ2n) is 5.30. The average molecular weight is 292 g/mol. The molecule has 1 atom stereocenters. The molecule has 1 fully saturated rings. The topological polar surface area (TPSA) is 80.5 Å². The van der Waals surface area contributed by atoms with Crippen molar-refractivity contribution in [2.24, 2.45) is 5.73 Å². The summed E-state index contributed by atoms with van der Waals surface area (Å²) in [5, 5.41) is 3.42. The molecule has 21 heavy (non-hydrogen) atoms. The second kappa shape index (κ2) is 7.95. The van der Waals surface area contributed by atoms with E-state index in [4.69, 9.17) is 10.5 Å². The zero-order valence-electron chi connectivity index (χ0n) is 12.5. The van der Waals surface area contributed by atoms with Crippen LogP contribution in [0.3, 0.4) is 0 Å². The highest BCUT2D eigenvalue weighted by atomic mass is 16.5. The lowest BCUT2D eigenvalue weighted by Crippen LogP contribution is -2.46. The molecule has 0 bridgehead atoms. The minimum absolute atomic E-state index is 0.323. The van der Waals surface area contributed by atoms with Crippen molar-refractivity contribution in [1.29, 1.82) is 0 Å². The average Bonchev–Trinajstić information content (AvgIpc) is 2.52. The number of carbonyl (C=O) groups is 1. The summed E-state index contributed by atoms with van der Waals surface area (Å²) < 4.78 is 5.05. The monoisotopic (exact) mass is 292 g/mol. The Kier molecular flexibility index (Phi) is 5.95. The minimum atomic E-state index is -0.483. The van der Waals surface area contributed by atoms with Gasteiger partial charge in [0.05, 0.1) is 6.61 Å². The van der Waals surface area contributed by atoms with E-state index < -0.39 is 5.91 Å². The Morgan fingerprint density at radius 1 is 1.57 bits per heavy atom. The van der Waals surface area contributed by atoms with E-state index in [0.29, 0.717) is 18.3 Å². The maximum atomic E-state index is 11.3. The molecule has 0 saturated carbocycles. The van der Waals surface area contributed by atoms with Crippen LogP contribution in [-0.2, 0) is 4.74 Å². The Morgan fingerprint density at radius 3 is 3.19 bits per heavy atom. The van der Waals surface area contributed by atoms with Gasteiger partial charge in [0.2, 0.25) is 0 Å². The summed E-state index contributed by atoms with van der Waals surface area (Å²) in [6, 6.07) is 4.16. The number of primary amides is 1. The number of hydrogen-bond acceptors (Lipinski definition) is 5. The molecule has 1 aromatic rings. The number of rotatable bonds is 7. The summed E-state index contributed by atoms with van der Waals surface area (Å²) >= 11 is 0. The van der Waals surface area contributed by atoms with E-state index in [9.17, 15) is 4.79 Å². The highest BCUT2D eigenvalue weighted by molar-refractivity contribution is 5.91. The molecule has 1 unspecified atom stereocenters. The van der Waals surface area contributed by atoms with Gasteiger partial charge in [-0.05, 0) is 31.4 Å². The molecule has 6 heteroatoms. The molecular weight excluding hydrogens is 268 g/mol. The molecule has 1 aromatic heterocycles. The number of aromatic nitrogens is 1. The van der Waals surface area contributed by atoms with E-state index in [1.807, 2.05) is 6.07 Å². The normalized spacial score (nSPS) is 18.7. The van der Waals surface area contributed by atoms with Crippen LogP contribution in [0.4, 0.5) is 5.69 Å². The number of pyridine rings is 1.